The third-order valence-corrected chi connectivity index (χ3v) is 11.4. The zero-order valence-corrected chi connectivity index (χ0v) is 36.6. The highest BCUT2D eigenvalue weighted by molar-refractivity contribution is 6.01. The summed E-state index contributed by atoms with van der Waals surface area (Å²) >= 11 is 0. The average Bonchev–Trinajstić information content (AvgIpc) is 3.92. The zero-order valence-electron chi connectivity index (χ0n) is 36.6. The van der Waals surface area contributed by atoms with Gasteiger partial charge in [0.25, 0.3) is 0 Å². The molecule has 0 bridgehead atoms. The lowest BCUT2D eigenvalue weighted by atomic mass is 10.0. The van der Waals surface area contributed by atoms with Gasteiger partial charge in [0.2, 0.25) is 5.91 Å². The van der Waals surface area contributed by atoms with Crippen molar-refractivity contribution in [3.05, 3.63) is 121 Å². The van der Waals surface area contributed by atoms with E-state index in [1.54, 1.807) is 25.7 Å². The Bertz CT molecular complexity index is 2730. The lowest BCUT2D eigenvalue weighted by Crippen LogP contribution is -2.41. The van der Waals surface area contributed by atoms with Crippen molar-refractivity contribution in [3.8, 4) is 22.5 Å². The van der Waals surface area contributed by atoms with Gasteiger partial charge in [0.15, 0.2) is 11.6 Å². The number of carbonyl (C=O) groups excluding carboxylic acids is 2. The van der Waals surface area contributed by atoms with Gasteiger partial charge in [-0.1, -0.05) is 79.4 Å². The van der Waals surface area contributed by atoms with E-state index in [0.29, 0.717) is 60.1 Å². The van der Waals surface area contributed by atoms with E-state index in [0.717, 1.165) is 45.8 Å². The van der Waals surface area contributed by atoms with Crippen LogP contribution in [0, 0.1) is 0 Å². The molecule has 4 N–H and O–H groups in total. The van der Waals surface area contributed by atoms with E-state index in [-0.39, 0.29) is 37.2 Å². The predicted molar refractivity (Wildman–Crippen MR) is 241 cm³/mol. The van der Waals surface area contributed by atoms with Gasteiger partial charge in [-0.2, -0.15) is 26.3 Å². The quantitative estimate of drug-likeness (QED) is 0.0808. The van der Waals surface area contributed by atoms with Crippen molar-refractivity contribution < 1.29 is 50.9 Å². The Kier molecular flexibility index (Phi) is 14.0. The molecule has 4 heterocycles. The molecule has 0 aliphatic carbocycles. The molecule has 2 aliphatic heterocycles. The molecule has 0 spiro atoms. The highest BCUT2D eigenvalue weighted by Crippen LogP contribution is 2.36. The van der Waals surface area contributed by atoms with E-state index in [9.17, 15) is 46.1 Å². The van der Waals surface area contributed by atoms with Crippen LogP contribution >= 0.6 is 0 Å². The number of hydrogen-bond donors (Lipinski definition) is 4. The maximum atomic E-state index is 12.9. The van der Waals surface area contributed by atoms with Gasteiger partial charge in [0, 0.05) is 57.8 Å². The smallest absolute Gasteiger partial charge is 0.416 e. The third kappa shape index (κ3) is 11.1. The second-order valence-electron chi connectivity index (χ2n) is 17.2. The number of nitrogens with zero attached hydrogens (tertiary/aromatic N) is 6. The molecule has 2 aromatic heterocycles. The van der Waals surface area contributed by atoms with Crippen LogP contribution in [-0.2, 0) is 21.9 Å². The minimum Gasteiger partial charge on any atom is -0.444 e. The summed E-state index contributed by atoms with van der Waals surface area (Å²) < 4.78 is 83.0. The van der Waals surface area contributed by atoms with Crippen molar-refractivity contribution >= 4 is 45.2 Å². The molecule has 67 heavy (non-hydrogen) atoms. The first-order chi connectivity index (χ1) is 31.8. The minimum atomic E-state index is -4.42. The molecule has 352 valence electrons. The van der Waals surface area contributed by atoms with Crippen LogP contribution in [0.15, 0.2) is 110 Å². The summed E-state index contributed by atoms with van der Waals surface area (Å²) in [5.74, 6) is 0.747. The van der Waals surface area contributed by atoms with Crippen molar-refractivity contribution in [2.45, 2.75) is 75.7 Å². The number of aliphatic hydroxyl groups excluding tert-OH is 2. The Morgan fingerprint density at radius 2 is 1.03 bits per heavy atom. The van der Waals surface area contributed by atoms with Crippen LogP contribution in [-0.4, -0.2) is 108 Å². The molecular formula is C48H48F6N8O5. The van der Waals surface area contributed by atoms with Gasteiger partial charge < -0.3 is 35.4 Å². The van der Waals surface area contributed by atoms with Crippen molar-refractivity contribution in [2.75, 3.05) is 36.9 Å². The molecule has 19 heteroatoms. The SMILES string of the molecule is C=CC(=O)N1C[C@@H](Nc2nnc(-c3ccc(C(F)(F)F)cc3)c3ccccc23)C[C@@H]1CO.CC(C)(C)OC(=O)N1C[C@@H](Nc2nnc(-c3ccc(C(F)(F)F)cc3)c3ccccc23)C[C@@H]1CO. The summed E-state index contributed by atoms with van der Waals surface area (Å²) in [7, 11) is 0. The van der Waals surface area contributed by atoms with E-state index in [1.165, 1.54) is 35.2 Å². The second kappa shape index (κ2) is 19.5. The number of halogens is 6. The van der Waals surface area contributed by atoms with E-state index in [4.69, 9.17) is 4.74 Å². The van der Waals surface area contributed by atoms with Gasteiger partial charge in [-0.25, -0.2) is 4.79 Å². The zero-order chi connectivity index (χ0) is 48.3. The Morgan fingerprint density at radius 3 is 1.40 bits per heavy atom. The van der Waals surface area contributed by atoms with Crippen molar-refractivity contribution in [3.63, 3.8) is 0 Å². The summed E-state index contributed by atoms with van der Waals surface area (Å²) in [6.45, 7) is 9.19. The van der Waals surface area contributed by atoms with Gasteiger partial charge in [-0.15, -0.1) is 20.4 Å². The maximum Gasteiger partial charge on any atom is 0.416 e. The number of anilines is 2. The molecule has 2 aliphatic rings. The van der Waals surface area contributed by atoms with Gasteiger partial charge >= 0.3 is 18.4 Å². The van der Waals surface area contributed by atoms with Crippen LogP contribution in [0.4, 0.5) is 42.8 Å². The first-order valence-electron chi connectivity index (χ1n) is 21.3. The monoisotopic (exact) mass is 930 g/mol. The van der Waals surface area contributed by atoms with Gasteiger partial charge in [0.1, 0.15) is 17.0 Å². The Morgan fingerprint density at radius 1 is 0.642 bits per heavy atom. The number of hydrogen-bond acceptors (Lipinski definition) is 11. The Labute approximate surface area is 381 Å². The second-order valence-corrected chi connectivity index (χ2v) is 17.2. The predicted octanol–water partition coefficient (Wildman–Crippen LogP) is 8.97. The topological polar surface area (TPSA) is 166 Å². The summed E-state index contributed by atoms with van der Waals surface area (Å²) in [6.07, 6.45) is -7.07. The van der Waals surface area contributed by atoms with Gasteiger partial charge in [0.05, 0.1) is 36.4 Å². The fraction of sp³-hybridized carbons (Fsp3) is 0.333. The van der Waals surface area contributed by atoms with E-state index in [1.807, 2.05) is 48.5 Å². The minimum absolute atomic E-state index is 0.148. The van der Waals surface area contributed by atoms with E-state index < -0.39 is 41.2 Å². The van der Waals surface area contributed by atoms with E-state index >= 15 is 0 Å². The molecule has 0 radical (unpaired) electrons. The fourth-order valence-electron chi connectivity index (χ4n) is 8.19. The average molecular weight is 931 g/mol. The van der Waals surface area contributed by atoms with Crippen molar-refractivity contribution in [1.29, 1.82) is 0 Å². The number of rotatable bonds is 9. The summed E-state index contributed by atoms with van der Waals surface area (Å²) in [6, 6.07) is 23.3. The molecule has 13 nitrogen and oxygen atoms in total. The number of ether oxygens (including phenoxy) is 1. The van der Waals surface area contributed by atoms with Gasteiger partial charge in [-0.05, 0) is 64.0 Å². The lowest BCUT2D eigenvalue weighted by Gasteiger charge is -2.27. The van der Waals surface area contributed by atoms with Crippen LogP contribution in [0.3, 0.4) is 0 Å². The lowest BCUT2D eigenvalue weighted by molar-refractivity contribution is -0.138. The largest absolute Gasteiger partial charge is 0.444 e. The molecular weight excluding hydrogens is 883 g/mol. The number of aromatic nitrogens is 4. The van der Waals surface area contributed by atoms with Crippen LogP contribution in [0.25, 0.3) is 44.1 Å². The number of likely N-dealkylation sites (tertiary alicyclic amines) is 2. The molecule has 8 rings (SSSR count). The van der Waals surface area contributed by atoms with Crippen LogP contribution in [0.2, 0.25) is 0 Å². The number of fused-ring (bicyclic) bond motifs is 2. The Hall–Kier alpha value is -6.86. The standard InChI is InChI=1S/C25H27F3N4O3.C23H21F3N4O2/c1-24(2,3)35-23(34)32-13-17(12-18(32)14-33)29-22-20-7-5-4-6-19(20)21(30-31-22)15-8-10-16(11-9-15)25(26,27)28;1-2-20(32)30-12-16(11-17(30)13-31)27-22-19-6-4-3-5-18(19)21(28-29-22)14-7-9-15(10-8-14)23(24,25)26/h4-11,17-18,33H,12-14H2,1-3H3,(H,29,31);2-10,16-17,31H,1,11-13H2,(H,27,29)/t17-,18+;16-,17+/m00/s1. The maximum absolute atomic E-state index is 12.9. The third-order valence-electron chi connectivity index (χ3n) is 11.4. The number of nitrogens with one attached hydrogen (secondary N) is 2. The molecule has 4 atom stereocenters. The van der Waals surface area contributed by atoms with E-state index in [2.05, 4.69) is 37.6 Å². The van der Waals surface area contributed by atoms with Crippen molar-refractivity contribution in [2.24, 2.45) is 0 Å². The van der Waals surface area contributed by atoms with Gasteiger partial charge in [-0.3, -0.25) is 4.79 Å². The molecule has 2 amide bonds. The van der Waals surface area contributed by atoms with Crippen LogP contribution in [0.1, 0.15) is 44.7 Å². The van der Waals surface area contributed by atoms with Crippen LogP contribution in [0.5, 0.6) is 0 Å². The molecule has 0 unspecified atom stereocenters. The number of benzene rings is 4. The number of carbonyl (C=O) groups is 2. The molecule has 4 aromatic carbocycles. The Balaban J connectivity index is 0.000000200. The number of amides is 2. The molecule has 0 saturated carbocycles. The van der Waals surface area contributed by atoms with Crippen LogP contribution < -0.4 is 10.6 Å². The molecule has 2 fully saturated rings. The van der Waals surface area contributed by atoms with Crippen molar-refractivity contribution in [1.82, 2.24) is 30.2 Å². The molecule has 2 saturated heterocycles. The normalized spacial score (nSPS) is 18.7. The molecule has 6 aromatic rings. The number of aliphatic hydroxyl groups is 2. The summed E-state index contributed by atoms with van der Waals surface area (Å²) in [5, 5.41) is 46.2. The number of alkyl halides is 6. The first-order valence-corrected chi connectivity index (χ1v) is 21.3. The summed E-state index contributed by atoms with van der Waals surface area (Å²) in [4.78, 5) is 27.7. The first kappa shape index (κ1) is 48.1. The summed E-state index contributed by atoms with van der Waals surface area (Å²) in [5.41, 5.74) is -0.125. The fourth-order valence-corrected chi connectivity index (χ4v) is 8.19. The highest BCUT2D eigenvalue weighted by atomic mass is 19.4. The highest BCUT2D eigenvalue weighted by Gasteiger charge is 2.38.